The van der Waals surface area contributed by atoms with Crippen LogP contribution in [0.5, 0.6) is 0 Å². The fourth-order valence-corrected chi connectivity index (χ4v) is 2.91. The van der Waals surface area contributed by atoms with Gasteiger partial charge in [-0.15, -0.1) is 0 Å². The predicted molar refractivity (Wildman–Crippen MR) is 96.6 cm³/mol. The number of benzene rings is 2. The molecule has 0 fully saturated rings. The maximum atomic E-state index is 12.1. The van der Waals surface area contributed by atoms with Crippen LogP contribution in [0.3, 0.4) is 0 Å². The van der Waals surface area contributed by atoms with Crippen LogP contribution in [0, 0.1) is 0 Å². The Balaban J connectivity index is 2.06. The minimum atomic E-state index is -0.435. The summed E-state index contributed by atoms with van der Waals surface area (Å²) in [6, 6.07) is 9.35. The van der Waals surface area contributed by atoms with E-state index in [9.17, 15) is 4.79 Å². The molecule has 2 aromatic carbocycles. The monoisotopic (exact) mass is 392 g/mol. The number of hydrogen-bond acceptors (Lipinski definition) is 2. The quantitative estimate of drug-likeness (QED) is 0.668. The minimum absolute atomic E-state index is 0.0967. The zero-order valence-corrected chi connectivity index (χ0v) is 14.6. The van der Waals surface area contributed by atoms with Gasteiger partial charge in [0.1, 0.15) is 0 Å². The number of hydrogen-bond donors (Lipinski definition) is 2. The topological polar surface area (TPSA) is 41.1 Å². The third-order valence-electron chi connectivity index (χ3n) is 2.47. The summed E-state index contributed by atoms with van der Waals surface area (Å²) in [5.41, 5.74) is 0.859. The zero-order chi connectivity index (χ0) is 16.3. The second-order valence-corrected chi connectivity index (χ2v) is 6.38. The summed E-state index contributed by atoms with van der Waals surface area (Å²) in [6.45, 7) is 0. The van der Waals surface area contributed by atoms with E-state index in [-0.39, 0.29) is 5.11 Å². The molecule has 8 heteroatoms. The van der Waals surface area contributed by atoms with Crippen molar-refractivity contribution in [2.75, 3.05) is 5.32 Å². The van der Waals surface area contributed by atoms with Gasteiger partial charge in [0.15, 0.2) is 5.11 Å². The summed E-state index contributed by atoms with van der Waals surface area (Å²) in [5, 5.41) is 7.05. The molecule has 2 rings (SSSR count). The highest BCUT2D eigenvalue weighted by Crippen LogP contribution is 2.22. The molecule has 0 aliphatic heterocycles. The van der Waals surface area contributed by atoms with Gasteiger partial charge in [-0.3, -0.25) is 10.1 Å². The molecule has 3 nitrogen and oxygen atoms in total. The Hall–Kier alpha value is -1.04. The first-order valence-corrected chi connectivity index (χ1v) is 7.80. The molecule has 0 radical (unpaired) electrons. The van der Waals surface area contributed by atoms with E-state index in [0.29, 0.717) is 31.3 Å². The molecular formula is C14H8Cl4N2OS. The molecule has 0 heterocycles. The number of carbonyl (C=O) groups is 1. The highest BCUT2D eigenvalue weighted by atomic mass is 35.5. The molecule has 0 bridgehead atoms. The van der Waals surface area contributed by atoms with E-state index in [2.05, 4.69) is 10.6 Å². The summed E-state index contributed by atoms with van der Waals surface area (Å²) in [5.74, 6) is -0.435. The summed E-state index contributed by atoms with van der Waals surface area (Å²) in [7, 11) is 0. The number of nitrogens with one attached hydrogen (secondary N) is 2. The van der Waals surface area contributed by atoms with E-state index in [4.69, 9.17) is 58.6 Å². The van der Waals surface area contributed by atoms with Crippen LogP contribution < -0.4 is 10.6 Å². The van der Waals surface area contributed by atoms with Crippen molar-refractivity contribution in [3.05, 3.63) is 62.1 Å². The highest BCUT2D eigenvalue weighted by molar-refractivity contribution is 7.80. The van der Waals surface area contributed by atoms with Crippen LogP contribution in [-0.2, 0) is 0 Å². The standard InChI is InChI=1S/C14H8Cl4N2OS/c15-8-1-7(2-9(16)3-8)13(21)20-14(22)19-12-5-10(17)4-11(18)6-12/h1-6H,(H2,19,20,21,22). The molecule has 0 aliphatic rings. The molecule has 114 valence electrons. The van der Waals surface area contributed by atoms with Crippen LogP contribution in [0.2, 0.25) is 20.1 Å². The van der Waals surface area contributed by atoms with Crippen molar-refractivity contribution in [3.63, 3.8) is 0 Å². The van der Waals surface area contributed by atoms with Gasteiger partial charge in [0, 0.05) is 31.3 Å². The summed E-state index contributed by atoms with van der Waals surface area (Å²) >= 11 is 28.5. The van der Waals surface area contributed by atoms with Gasteiger partial charge in [-0.25, -0.2) is 0 Å². The van der Waals surface area contributed by atoms with Gasteiger partial charge in [-0.1, -0.05) is 46.4 Å². The lowest BCUT2D eigenvalue weighted by atomic mass is 10.2. The minimum Gasteiger partial charge on any atom is -0.332 e. The number of rotatable bonds is 2. The molecule has 0 atom stereocenters. The maximum Gasteiger partial charge on any atom is 0.257 e. The molecule has 2 N–H and O–H groups in total. The smallest absolute Gasteiger partial charge is 0.257 e. The van der Waals surface area contributed by atoms with Gasteiger partial charge in [-0.05, 0) is 48.6 Å². The largest absolute Gasteiger partial charge is 0.332 e. The van der Waals surface area contributed by atoms with Crippen LogP contribution in [0.15, 0.2) is 36.4 Å². The lowest BCUT2D eigenvalue weighted by Gasteiger charge is -2.10. The van der Waals surface area contributed by atoms with E-state index in [1.807, 2.05) is 0 Å². The van der Waals surface area contributed by atoms with Gasteiger partial charge < -0.3 is 5.32 Å². The van der Waals surface area contributed by atoms with Crippen molar-refractivity contribution in [1.29, 1.82) is 0 Å². The van der Waals surface area contributed by atoms with E-state index < -0.39 is 5.91 Å². The van der Waals surface area contributed by atoms with Gasteiger partial charge in [0.2, 0.25) is 0 Å². The normalized spacial score (nSPS) is 10.2. The molecule has 22 heavy (non-hydrogen) atoms. The van der Waals surface area contributed by atoms with Crippen LogP contribution in [-0.4, -0.2) is 11.0 Å². The van der Waals surface area contributed by atoms with Crippen LogP contribution in [0.1, 0.15) is 10.4 Å². The Bertz CT molecular complexity index is 711. The maximum absolute atomic E-state index is 12.1. The predicted octanol–water partition coefficient (Wildman–Crippen LogP) is 5.43. The van der Waals surface area contributed by atoms with Crippen molar-refractivity contribution >= 4 is 75.3 Å². The molecule has 0 aromatic heterocycles. The Morgan fingerprint density at radius 3 is 1.77 bits per heavy atom. The summed E-state index contributed by atoms with van der Waals surface area (Å²) in [4.78, 5) is 12.1. The van der Waals surface area contributed by atoms with Crippen LogP contribution >= 0.6 is 58.6 Å². The molecule has 1 amide bonds. The van der Waals surface area contributed by atoms with Crippen molar-refractivity contribution in [2.45, 2.75) is 0 Å². The van der Waals surface area contributed by atoms with Crippen molar-refractivity contribution < 1.29 is 4.79 Å². The number of thiocarbonyl (C=S) groups is 1. The average Bonchev–Trinajstić information content (AvgIpc) is 2.35. The molecule has 2 aromatic rings. The number of amides is 1. The van der Waals surface area contributed by atoms with Crippen LogP contribution in [0.4, 0.5) is 5.69 Å². The second-order valence-electron chi connectivity index (χ2n) is 4.22. The first kappa shape index (κ1) is 17.3. The lowest BCUT2D eigenvalue weighted by molar-refractivity contribution is 0.0977. The van der Waals surface area contributed by atoms with E-state index in [1.165, 1.54) is 18.2 Å². The second kappa shape index (κ2) is 7.49. The Labute approximate surface area is 152 Å². The zero-order valence-electron chi connectivity index (χ0n) is 10.8. The fraction of sp³-hybridized carbons (Fsp3) is 0. The Kier molecular flexibility index (Phi) is 5.89. The summed E-state index contributed by atoms with van der Waals surface area (Å²) < 4.78 is 0. The molecule has 0 saturated carbocycles. The summed E-state index contributed by atoms with van der Waals surface area (Å²) in [6.07, 6.45) is 0. The fourth-order valence-electron chi connectivity index (χ4n) is 1.65. The van der Waals surface area contributed by atoms with E-state index in [1.54, 1.807) is 18.2 Å². The molecule has 0 aliphatic carbocycles. The van der Waals surface area contributed by atoms with Gasteiger partial charge in [0.25, 0.3) is 5.91 Å². The van der Waals surface area contributed by atoms with Crippen LogP contribution in [0.25, 0.3) is 0 Å². The number of halogens is 4. The Morgan fingerprint density at radius 2 is 1.27 bits per heavy atom. The number of carbonyl (C=O) groups excluding carboxylic acids is 1. The lowest BCUT2D eigenvalue weighted by Crippen LogP contribution is -2.34. The first-order valence-electron chi connectivity index (χ1n) is 5.88. The Morgan fingerprint density at radius 1 is 0.818 bits per heavy atom. The molecule has 0 spiro atoms. The average molecular weight is 394 g/mol. The third kappa shape index (κ3) is 5.00. The van der Waals surface area contributed by atoms with Gasteiger partial charge >= 0.3 is 0 Å². The molecular weight excluding hydrogens is 386 g/mol. The van der Waals surface area contributed by atoms with Gasteiger partial charge in [0.05, 0.1) is 0 Å². The molecule has 0 unspecified atom stereocenters. The SMILES string of the molecule is O=C(NC(=S)Nc1cc(Cl)cc(Cl)c1)c1cc(Cl)cc(Cl)c1. The highest BCUT2D eigenvalue weighted by Gasteiger charge is 2.10. The van der Waals surface area contributed by atoms with Crippen molar-refractivity contribution in [3.8, 4) is 0 Å². The van der Waals surface area contributed by atoms with Crippen molar-refractivity contribution in [1.82, 2.24) is 5.32 Å². The third-order valence-corrected chi connectivity index (χ3v) is 3.55. The van der Waals surface area contributed by atoms with E-state index in [0.717, 1.165) is 0 Å². The van der Waals surface area contributed by atoms with Crippen molar-refractivity contribution in [2.24, 2.45) is 0 Å². The first-order chi connectivity index (χ1) is 10.3. The van der Waals surface area contributed by atoms with E-state index >= 15 is 0 Å². The number of anilines is 1. The van der Waals surface area contributed by atoms with Gasteiger partial charge in [-0.2, -0.15) is 0 Å². The molecule has 0 saturated heterocycles.